The second-order valence-electron chi connectivity index (χ2n) is 7.01. The van der Waals surface area contributed by atoms with E-state index in [4.69, 9.17) is 4.98 Å². The van der Waals surface area contributed by atoms with Crippen molar-refractivity contribution in [2.45, 2.75) is 18.9 Å². The highest BCUT2D eigenvalue weighted by molar-refractivity contribution is 7.22. The Morgan fingerprint density at radius 1 is 1.19 bits per heavy atom. The van der Waals surface area contributed by atoms with Crippen LogP contribution in [0.5, 0.6) is 0 Å². The molecule has 0 spiro atoms. The molecule has 1 aromatic heterocycles. The van der Waals surface area contributed by atoms with Crippen LogP contribution in [0.2, 0.25) is 0 Å². The van der Waals surface area contributed by atoms with Gasteiger partial charge in [0.2, 0.25) is 0 Å². The maximum atomic E-state index is 13.2. The molecule has 26 heavy (non-hydrogen) atoms. The van der Waals surface area contributed by atoms with Gasteiger partial charge in [-0.15, -0.1) is 0 Å². The lowest BCUT2D eigenvalue weighted by Gasteiger charge is -2.45. The van der Waals surface area contributed by atoms with Gasteiger partial charge in [0.05, 0.1) is 22.9 Å². The molecule has 6 heteroatoms. The molecular weight excluding hydrogens is 351 g/mol. The Morgan fingerprint density at radius 2 is 1.96 bits per heavy atom. The van der Waals surface area contributed by atoms with Gasteiger partial charge in [0.15, 0.2) is 5.13 Å². The molecule has 4 rings (SSSR count). The molecule has 0 radical (unpaired) electrons. The summed E-state index contributed by atoms with van der Waals surface area (Å²) in [5.74, 6) is -0.285. The summed E-state index contributed by atoms with van der Waals surface area (Å²) in [4.78, 5) is 6.86. The molecular formula is C20H21FN2O2S. The number of thiazole rings is 1. The van der Waals surface area contributed by atoms with Crippen molar-refractivity contribution in [2.75, 3.05) is 24.6 Å². The van der Waals surface area contributed by atoms with Crippen LogP contribution in [-0.2, 0) is 6.42 Å². The van der Waals surface area contributed by atoms with Crippen LogP contribution in [0.25, 0.3) is 10.2 Å². The van der Waals surface area contributed by atoms with E-state index in [1.165, 1.54) is 12.1 Å². The highest BCUT2D eigenvalue weighted by atomic mass is 32.1. The van der Waals surface area contributed by atoms with Crippen LogP contribution in [0.15, 0.2) is 48.5 Å². The van der Waals surface area contributed by atoms with Crippen molar-refractivity contribution in [3.63, 3.8) is 0 Å². The molecule has 2 aromatic carbocycles. The van der Waals surface area contributed by atoms with Crippen molar-refractivity contribution < 1.29 is 14.6 Å². The van der Waals surface area contributed by atoms with Crippen molar-refractivity contribution in [1.29, 1.82) is 0 Å². The number of para-hydroxylation sites is 1. The zero-order valence-corrected chi connectivity index (χ0v) is 15.1. The Bertz CT molecular complexity index is 865. The number of nitrogens with zero attached hydrogens (tertiary/aromatic N) is 2. The number of halogens is 1. The van der Waals surface area contributed by atoms with E-state index in [-0.39, 0.29) is 12.4 Å². The van der Waals surface area contributed by atoms with E-state index in [0.29, 0.717) is 25.9 Å². The number of benzene rings is 2. The molecule has 1 aliphatic heterocycles. The summed E-state index contributed by atoms with van der Waals surface area (Å²) in [6.45, 7) is 1.08. The highest BCUT2D eigenvalue weighted by Crippen LogP contribution is 2.38. The minimum Gasteiger partial charge on any atom is -0.396 e. The van der Waals surface area contributed by atoms with E-state index in [2.05, 4.69) is 4.90 Å². The first-order valence-corrected chi connectivity index (χ1v) is 9.55. The highest BCUT2D eigenvalue weighted by Gasteiger charge is 2.43. The molecule has 136 valence electrons. The number of hydrogen-bond donors (Lipinski definition) is 2. The molecule has 0 bridgehead atoms. The molecule has 4 nitrogen and oxygen atoms in total. The van der Waals surface area contributed by atoms with E-state index in [1.54, 1.807) is 23.5 Å². The summed E-state index contributed by atoms with van der Waals surface area (Å²) in [6.07, 6.45) is 0.451. The molecule has 0 amide bonds. The zero-order chi connectivity index (χ0) is 18.1. The zero-order valence-electron chi connectivity index (χ0n) is 14.3. The number of fused-ring (bicyclic) bond motifs is 1. The van der Waals surface area contributed by atoms with Crippen molar-refractivity contribution in [3.8, 4) is 0 Å². The summed E-state index contributed by atoms with van der Waals surface area (Å²) in [7, 11) is 0. The molecule has 2 atom stereocenters. The normalized spacial score (nSPS) is 23.5. The van der Waals surface area contributed by atoms with Gasteiger partial charge in [-0.3, -0.25) is 0 Å². The maximum Gasteiger partial charge on any atom is 0.186 e. The Hall–Kier alpha value is -2.02. The standard InChI is InChI=1S/C20H21FN2O2S/c21-15-7-5-14(6-8-15)11-20(13-24)12-23(10-9-18(20)25)19-22-16-3-1-2-4-17(16)26-19/h1-8,18,24-25H,9-13H2/t18-,20-/m0/s1. The molecule has 3 aromatic rings. The van der Waals surface area contributed by atoms with Crippen LogP contribution in [0.3, 0.4) is 0 Å². The second-order valence-corrected chi connectivity index (χ2v) is 8.02. The topological polar surface area (TPSA) is 56.6 Å². The quantitative estimate of drug-likeness (QED) is 0.738. The molecule has 0 saturated carbocycles. The van der Waals surface area contributed by atoms with Crippen LogP contribution >= 0.6 is 11.3 Å². The van der Waals surface area contributed by atoms with Crippen molar-refractivity contribution in [2.24, 2.45) is 5.41 Å². The van der Waals surface area contributed by atoms with Gasteiger partial charge < -0.3 is 15.1 Å². The van der Waals surface area contributed by atoms with Crippen LogP contribution in [0, 0.1) is 11.2 Å². The number of aromatic nitrogens is 1. The SMILES string of the molecule is OC[C@]1(Cc2ccc(F)cc2)CN(c2nc3ccccc3s2)CC[C@@H]1O. The van der Waals surface area contributed by atoms with Crippen LogP contribution in [0.4, 0.5) is 9.52 Å². The molecule has 0 unspecified atom stereocenters. The molecule has 0 aliphatic carbocycles. The third kappa shape index (κ3) is 3.20. The summed E-state index contributed by atoms with van der Waals surface area (Å²) >= 11 is 1.63. The second kappa shape index (κ2) is 6.95. The summed E-state index contributed by atoms with van der Waals surface area (Å²) < 4.78 is 14.3. The number of piperidine rings is 1. The van der Waals surface area contributed by atoms with Gasteiger partial charge in [-0.05, 0) is 42.7 Å². The average molecular weight is 372 g/mol. The lowest BCUT2D eigenvalue weighted by Crippen LogP contribution is -2.55. The Balaban J connectivity index is 1.62. The van der Waals surface area contributed by atoms with Crippen LogP contribution in [-0.4, -0.2) is 41.0 Å². The van der Waals surface area contributed by atoms with Crippen molar-refractivity contribution in [1.82, 2.24) is 4.98 Å². The van der Waals surface area contributed by atoms with Crippen LogP contribution in [0.1, 0.15) is 12.0 Å². The largest absolute Gasteiger partial charge is 0.396 e. The van der Waals surface area contributed by atoms with E-state index < -0.39 is 11.5 Å². The first-order chi connectivity index (χ1) is 12.6. The van der Waals surface area contributed by atoms with Gasteiger partial charge in [-0.1, -0.05) is 35.6 Å². The predicted molar refractivity (Wildman–Crippen MR) is 102 cm³/mol. The molecule has 2 N–H and O–H groups in total. The van der Waals surface area contributed by atoms with E-state index in [1.807, 2.05) is 24.3 Å². The monoisotopic (exact) mass is 372 g/mol. The average Bonchev–Trinajstić information content (AvgIpc) is 3.09. The van der Waals surface area contributed by atoms with Gasteiger partial charge in [-0.2, -0.15) is 0 Å². The first kappa shape index (κ1) is 17.4. The fourth-order valence-corrected chi connectivity index (χ4v) is 4.69. The van der Waals surface area contributed by atoms with Crippen molar-refractivity contribution >= 4 is 26.7 Å². The Morgan fingerprint density at radius 3 is 2.69 bits per heavy atom. The summed E-state index contributed by atoms with van der Waals surface area (Å²) in [5.41, 5.74) is 1.19. The van der Waals surface area contributed by atoms with Gasteiger partial charge >= 0.3 is 0 Å². The fraction of sp³-hybridized carbons (Fsp3) is 0.350. The lowest BCUT2D eigenvalue weighted by atomic mass is 9.73. The van der Waals surface area contributed by atoms with Crippen molar-refractivity contribution in [3.05, 3.63) is 59.9 Å². The minimum absolute atomic E-state index is 0.132. The molecule has 1 fully saturated rings. The first-order valence-electron chi connectivity index (χ1n) is 8.73. The molecule has 1 aliphatic rings. The molecule has 1 saturated heterocycles. The number of rotatable bonds is 4. The number of anilines is 1. The maximum absolute atomic E-state index is 13.2. The Kier molecular flexibility index (Phi) is 4.65. The number of aliphatic hydroxyl groups excluding tert-OH is 2. The van der Waals surface area contributed by atoms with E-state index in [0.717, 1.165) is 20.9 Å². The third-order valence-electron chi connectivity index (χ3n) is 5.22. The van der Waals surface area contributed by atoms with Gasteiger partial charge in [0.1, 0.15) is 5.82 Å². The van der Waals surface area contributed by atoms with Gasteiger partial charge in [0.25, 0.3) is 0 Å². The Labute approximate surface area is 155 Å². The summed E-state index contributed by atoms with van der Waals surface area (Å²) in [5, 5.41) is 21.7. The third-order valence-corrected chi connectivity index (χ3v) is 6.32. The summed E-state index contributed by atoms with van der Waals surface area (Å²) in [6, 6.07) is 14.3. The number of hydrogen-bond acceptors (Lipinski definition) is 5. The van der Waals surface area contributed by atoms with Gasteiger partial charge in [0, 0.05) is 18.5 Å². The lowest BCUT2D eigenvalue weighted by molar-refractivity contribution is -0.0291. The smallest absolute Gasteiger partial charge is 0.186 e. The number of aliphatic hydroxyl groups is 2. The molecule has 2 heterocycles. The van der Waals surface area contributed by atoms with Gasteiger partial charge in [-0.25, -0.2) is 9.37 Å². The predicted octanol–water partition coefficient (Wildman–Crippen LogP) is 3.23. The van der Waals surface area contributed by atoms with E-state index >= 15 is 0 Å². The van der Waals surface area contributed by atoms with Crippen LogP contribution < -0.4 is 4.90 Å². The fourth-order valence-electron chi connectivity index (χ4n) is 3.70. The minimum atomic E-state index is -0.687. The van der Waals surface area contributed by atoms with E-state index in [9.17, 15) is 14.6 Å².